The molecule has 0 bridgehead atoms. The summed E-state index contributed by atoms with van der Waals surface area (Å²) in [6.45, 7) is 9.38. The number of carbonyl (C=O) groups excluding carboxylic acids is 1. The lowest BCUT2D eigenvalue weighted by Gasteiger charge is -2.37. The van der Waals surface area contributed by atoms with Gasteiger partial charge in [0.1, 0.15) is 0 Å². The number of anilines is 2. The van der Waals surface area contributed by atoms with Crippen molar-refractivity contribution in [3.8, 4) is 0 Å². The lowest BCUT2D eigenvalue weighted by atomic mass is 10.00. The van der Waals surface area contributed by atoms with Crippen molar-refractivity contribution in [1.82, 2.24) is 20.2 Å². The van der Waals surface area contributed by atoms with Crippen molar-refractivity contribution in [2.24, 2.45) is 16.2 Å². The molecule has 1 saturated heterocycles. The van der Waals surface area contributed by atoms with Gasteiger partial charge in [0.25, 0.3) is 5.91 Å². The van der Waals surface area contributed by atoms with Crippen LogP contribution in [0.4, 0.5) is 17.3 Å². The van der Waals surface area contributed by atoms with Crippen molar-refractivity contribution >= 4 is 23.2 Å². The number of rotatable bonds is 8. The minimum atomic E-state index is -0.562. The van der Waals surface area contributed by atoms with Crippen molar-refractivity contribution in [3.63, 3.8) is 0 Å². The zero-order valence-electron chi connectivity index (χ0n) is 22.4. The zero-order chi connectivity index (χ0) is 27.2. The predicted molar refractivity (Wildman–Crippen MR) is 148 cm³/mol. The largest absolute Gasteiger partial charge is 0.391 e. The highest BCUT2D eigenvalue weighted by Crippen LogP contribution is 2.23. The summed E-state index contributed by atoms with van der Waals surface area (Å²) in [7, 11) is 0. The summed E-state index contributed by atoms with van der Waals surface area (Å²) < 4.78 is 0. The fraction of sp³-hybridized carbons (Fsp3) is 0.393. The number of hydrogen-bond donors (Lipinski definition) is 4. The van der Waals surface area contributed by atoms with Crippen LogP contribution in [0, 0.1) is 20.8 Å². The first kappa shape index (κ1) is 27.2. The van der Waals surface area contributed by atoms with Crippen molar-refractivity contribution in [2.45, 2.75) is 59.2 Å². The molecule has 2 aromatic carbocycles. The molecular weight excluding hydrogens is 480 g/mol. The van der Waals surface area contributed by atoms with Gasteiger partial charge in [0.15, 0.2) is 0 Å². The van der Waals surface area contributed by atoms with Crippen LogP contribution in [0.1, 0.15) is 51.7 Å². The highest BCUT2D eigenvalue weighted by atomic mass is 16.3. The number of amides is 1. The van der Waals surface area contributed by atoms with E-state index >= 15 is 0 Å². The second-order valence-corrected chi connectivity index (χ2v) is 9.83. The summed E-state index contributed by atoms with van der Waals surface area (Å²) in [4.78, 5) is 24.3. The first-order valence-electron chi connectivity index (χ1n) is 12.9. The third kappa shape index (κ3) is 6.51. The monoisotopic (exact) mass is 516 g/mol. The summed E-state index contributed by atoms with van der Waals surface area (Å²) in [6.07, 6.45) is 2.56. The van der Waals surface area contributed by atoms with Crippen LogP contribution in [0.2, 0.25) is 0 Å². The van der Waals surface area contributed by atoms with Gasteiger partial charge >= 0.3 is 0 Å². The molecule has 10 heteroatoms. The number of aliphatic hydroxyl groups is 1. The second kappa shape index (κ2) is 12.1. The van der Waals surface area contributed by atoms with Gasteiger partial charge < -0.3 is 26.5 Å². The van der Waals surface area contributed by atoms with E-state index in [2.05, 4.69) is 64.9 Å². The Morgan fingerprint density at radius 3 is 2.63 bits per heavy atom. The summed E-state index contributed by atoms with van der Waals surface area (Å²) in [5, 5.41) is 24.6. The molecule has 2 atom stereocenters. The fourth-order valence-corrected chi connectivity index (χ4v) is 4.82. The Hall–Kier alpha value is -3.89. The third-order valence-corrected chi connectivity index (χ3v) is 6.82. The molecule has 1 aliphatic rings. The Kier molecular flexibility index (Phi) is 8.65. The quantitative estimate of drug-likeness (QED) is 0.201. The van der Waals surface area contributed by atoms with E-state index < -0.39 is 6.10 Å². The maximum absolute atomic E-state index is 13.2. The standard InChI is InChI=1S/C28H36N8O2/c1-5-20-14-31-28(32-22-11-17(2)10-18(3)12-22)33-24(20)15-30-25-16-36(9-8-26(25)37)27(38)21-6-7-23(34-35-29)19(4)13-21/h6-7,10-14,25-26,30,37H,5,8-9,15-16H2,1-4H3,(H2,29,34)(H,31,32,33). The lowest BCUT2D eigenvalue weighted by Crippen LogP contribution is -2.55. The maximum Gasteiger partial charge on any atom is 0.253 e. The molecule has 0 saturated carbocycles. The van der Waals surface area contributed by atoms with Crippen LogP contribution in [0.3, 0.4) is 0 Å². The SMILES string of the molecule is CCc1cnc(Nc2cc(C)cc(C)c2)nc1CNC1CN(C(=O)c2ccc(N=NN)c(C)c2)CCC1O. The smallest absolute Gasteiger partial charge is 0.253 e. The van der Waals surface area contributed by atoms with Crippen LogP contribution in [0.15, 0.2) is 52.9 Å². The van der Waals surface area contributed by atoms with Crippen LogP contribution in [0.5, 0.6) is 0 Å². The number of carbonyl (C=O) groups is 1. The number of hydrogen-bond acceptors (Lipinski definition) is 8. The molecule has 0 aliphatic carbocycles. The number of nitrogens with two attached hydrogens (primary N) is 1. The lowest BCUT2D eigenvalue weighted by molar-refractivity contribution is 0.0373. The van der Waals surface area contributed by atoms with Gasteiger partial charge in [-0.05, 0) is 86.2 Å². The number of nitrogens with zero attached hydrogens (tertiary/aromatic N) is 5. The predicted octanol–water partition coefficient (Wildman–Crippen LogP) is 4.03. The van der Waals surface area contributed by atoms with Gasteiger partial charge in [-0.3, -0.25) is 4.79 Å². The van der Waals surface area contributed by atoms with E-state index in [0.29, 0.717) is 43.3 Å². The van der Waals surface area contributed by atoms with Crippen LogP contribution in [-0.4, -0.2) is 51.1 Å². The van der Waals surface area contributed by atoms with Crippen LogP contribution < -0.4 is 16.5 Å². The first-order chi connectivity index (χ1) is 18.3. The summed E-state index contributed by atoms with van der Waals surface area (Å²) in [6, 6.07) is 11.2. The number of likely N-dealkylation sites (tertiary alicyclic amines) is 1. The summed E-state index contributed by atoms with van der Waals surface area (Å²) >= 11 is 0. The number of nitrogens with one attached hydrogen (secondary N) is 2. The molecule has 4 rings (SSSR count). The van der Waals surface area contributed by atoms with Crippen molar-refractivity contribution in [2.75, 3.05) is 18.4 Å². The summed E-state index contributed by atoms with van der Waals surface area (Å²) in [5.41, 5.74) is 7.18. The van der Waals surface area contributed by atoms with Crippen LogP contribution in [-0.2, 0) is 13.0 Å². The van der Waals surface area contributed by atoms with E-state index in [4.69, 9.17) is 10.8 Å². The van der Waals surface area contributed by atoms with E-state index in [1.54, 1.807) is 23.1 Å². The minimum Gasteiger partial charge on any atom is -0.391 e. The Morgan fingerprint density at radius 2 is 1.95 bits per heavy atom. The van der Waals surface area contributed by atoms with Crippen molar-refractivity contribution in [1.29, 1.82) is 0 Å². The average molecular weight is 517 g/mol. The molecule has 0 radical (unpaired) electrons. The fourth-order valence-electron chi connectivity index (χ4n) is 4.82. The van der Waals surface area contributed by atoms with Gasteiger partial charge in [0.05, 0.1) is 23.5 Å². The Balaban J connectivity index is 1.44. The van der Waals surface area contributed by atoms with Crippen molar-refractivity contribution in [3.05, 3.63) is 76.1 Å². The molecule has 1 fully saturated rings. The number of aryl methyl sites for hydroxylation is 4. The highest BCUT2D eigenvalue weighted by molar-refractivity contribution is 5.95. The molecule has 3 aromatic rings. The van der Waals surface area contributed by atoms with Gasteiger partial charge in [0.2, 0.25) is 5.95 Å². The Bertz CT molecular complexity index is 1310. The number of aliphatic hydroxyl groups excluding tert-OH is 1. The van der Waals surface area contributed by atoms with Gasteiger partial charge in [0, 0.05) is 37.1 Å². The molecule has 0 spiro atoms. The van der Waals surface area contributed by atoms with E-state index in [9.17, 15) is 9.90 Å². The minimum absolute atomic E-state index is 0.0840. The number of piperidine rings is 1. The number of aromatic nitrogens is 2. The Morgan fingerprint density at radius 1 is 1.18 bits per heavy atom. The zero-order valence-corrected chi connectivity index (χ0v) is 22.4. The first-order valence-corrected chi connectivity index (χ1v) is 12.9. The third-order valence-electron chi connectivity index (χ3n) is 6.82. The maximum atomic E-state index is 13.2. The molecular formula is C28H36N8O2. The molecule has 2 unspecified atom stereocenters. The molecule has 2 heterocycles. The highest BCUT2D eigenvalue weighted by Gasteiger charge is 2.30. The molecule has 10 nitrogen and oxygen atoms in total. The second-order valence-electron chi connectivity index (χ2n) is 9.83. The topological polar surface area (TPSA) is 141 Å². The molecule has 1 aromatic heterocycles. The molecule has 200 valence electrons. The van der Waals surface area contributed by atoms with Crippen LogP contribution >= 0.6 is 0 Å². The van der Waals surface area contributed by atoms with E-state index in [1.807, 2.05) is 13.1 Å². The van der Waals surface area contributed by atoms with Crippen LogP contribution in [0.25, 0.3) is 0 Å². The summed E-state index contributed by atoms with van der Waals surface area (Å²) in [5.74, 6) is 5.60. The normalized spacial score (nSPS) is 17.7. The molecule has 5 N–H and O–H groups in total. The number of benzene rings is 2. The molecule has 1 aliphatic heterocycles. The van der Waals surface area contributed by atoms with E-state index in [1.165, 1.54) is 0 Å². The van der Waals surface area contributed by atoms with Gasteiger partial charge in [-0.25, -0.2) is 9.97 Å². The molecule has 1 amide bonds. The Labute approximate surface area is 223 Å². The van der Waals surface area contributed by atoms with Gasteiger partial charge in [-0.2, -0.15) is 0 Å². The molecule has 38 heavy (non-hydrogen) atoms. The average Bonchev–Trinajstić information content (AvgIpc) is 2.88. The van der Waals surface area contributed by atoms with Gasteiger partial charge in [-0.15, -0.1) is 5.11 Å². The van der Waals surface area contributed by atoms with E-state index in [-0.39, 0.29) is 11.9 Å². The van der Waals surface area contributed by atoms with Gasteiger partial charge in [-0.1, -0.05) is 18.2 Å². The van der Waals surface area contributed by atoms with Crippen molar-refractivity contribution < 1.29 is 9.90 Å². The van der Waals surface area contributed by atoms with E-state index in [0.717, 1.165) is 40.1 Å².